The molecule has 0 unspecified atom stereocenters. The second-order valence-corrected chi connectivity index (χ2v) is 7.45. The van der Waals surface area contributed by atoms with Gasteiger partial charge in [-0.25, -0.2) is 4.79 Å². The van der Waals surface area contributed by atoms with Crippen LogP contribution in [-0.2, 0) is 8.85 Å². The van der Waals surface area contributed by atoms with Gasteiger partial charge >= 0.3 is 14.6 Å². The second kappa shape index (κ2) is 5.48. The Morgan fingerprint density at radius 2 is 2.13 bits per heavy atom. The van der Waals surface area contributed by atoms with Gasteiger partial charge in [0.05, 0.1) is 0 Å². The summed E-state index contributed by atoms with van der Waals surface area (Å²) < 4.78 is 10.8. The number of hydrogen-bond donors (Lipinski definition) is 1. The smallest absolute Gasteiger partial charge is 0.334 e. The number of rotatable bonds is 6. The highest BCUT2D eigenvalue weighted by Gasteiger charge is 2.29. The average molecular weight is 232 g/mol. The Bertz CT molecular complexity index is 221. The zero-order chi connectivity index (χ0) is 11.3. The molecule has 0 aromatic heterocycles. The molecule has 1 fully saturated rings. The zero-order valence-corrected chi connectivity index (χ0v) is 10.7. The number of carbonyl (C=O) groups excluding carboxylic acids is 1. The first kappa shape index (κ1) is 12.5. The minimum absolute atomic E-state index is 0.0493. The second-order valence-electron chi connectivity index (χ2n) is 3.86. The largest absolute Gasteiger partial charge is 0.398 e. The summed E-state index contributed by atoms with van der Waals surface area (Å²) in [5.74, 6) is 0. The van der Waals surface area contributed by atoms with Gasteiger partial charge in [-0.2, -0.15) is 0 Å². The molecule has 0 radical (unpaired) electrons. The van der Waals surface area contributed by atoms with Crippen LogP contribution in [0.2, 0.25) is 12.6 Å². The van der Waals surface area contributed by atoms with E-state index in [1.54, 1.807) is 14.2 Å². The summed E-state index contributed by atoms with van der Waals surface area (Å²) in [7, 11) is 1.44. The highest BCUT2D eigenvalue weighted by molar-refractivity contribution is 6.65. The summed E-state index contributed by atoms with van der Waals surface area (Å²) in [6.45, 7) is 4.41. The molecule has 1 saturated heterocycles. The van der Waals surface area contributed by atoms with Crippen molar-refractivity contribution in [3.63, 3.8) is 0 Å². The molecule has 0 aromatic carbocycles. The van der Waals surface area contributed by atoms with Gasteiger partial charge in [0.25, 0.3) is 0 Å². The maximum absolute atomic E-state index is 11.2. The zero-order valence-electron chi connectivity index (χ0n) is 9.71. The molecule has 2 amide bonds. The molecule has 1 rings (SSSR count). The van der Waals surface area contributed by atoms with Crippen LogP contribution in [0.1, 0.15) is 6.42 Å². The van der Waals surface area contributed by atoms with Gasteiger partial charge in [0.2, 0.25) is 0 Å². The molecule has 1 aliphatic rings. The number of amides is 2. The SMILES string of the molecule is CO[Si](C)(CCCN1CCNC1=O)OC. The van der Waals surface area contributed by atoms with E-state index in [-0.39, 0.29) is 6.03 Å². The van der Waals surface area contributed by atoms with Crippen LogP contribution < -0.4 is 5.32 Å². The van der Waals surface area contributed by atoms with Gasteiger partial charge in [-0.1, -0.05) is 0 Å². The van der Waals surface area contributed by atoms with Crippen LogP contribution in [0.5, 0.6) is 0 Å². The summed E-state index contributed by atoms with van der Waals surface area (Å²) in [5, 5.41) is 2.78. The molecule has 1 aliphatic heterocycles. The first-order valence-corrected chi connectivity index (χ1v) is 7.77. The summed E-state index contributed by atoms with van der Waals surface area (Å²) in [6, 6.07) is 0.970. The number of nitrogens with one attached hydrogen (secondary N) is 1. The van der Waals surface area contributed by atoms with Crippen LogP contribution in [0.25, 0.3) is 0 Å². The van der Waals surface area contributed by atoms with Crippen LogP contribution >= 0.6 is 0 Å². The van der Waals surface area contributed by atoms with Gasteiger partial charge in [-0.15, -0.1) is 0 Å². The normalized spacial score (nSPS) is 17.0. The fraction of sp³-hybridized carbons (Fsp3) is 0.889. The number of nitrogens with zero attached hydrogens (tertiary/aromatic N) is 1. The molecular formula is C9H20N2O3Si. The monoisotopic (exact) mass is 232 g/mol. The van der Waals surface area contributed by atoms with E-state index in [1.807, 2.05) is 11.4 Å². The highest BCUT2D eigenvalue weighted by Crippen LogP contribution is 2.14. The predicted molar refractivity (Wildman–Crippen MR) is 60.0 cm³/mol. The molecule has 0 aromatic rings. The lowest BCUT2D eigenvalue weighted by Crippen LogP contribution is -2.37. The van der Waals surface area contributed by atoms with Crippen LogP contribution in [0.4, 0.5) is 4.79 Å². The third-order valence-corrected chi connectivity index (χ3v) is 5.86. The minimum Gasteiger partial charge on any atom is -0.398 e. The molecule has 15 heavy (non-hydrogen) atoms. The topological polar surface area (TPSA) is 50.8 Å². The lowest BCUT2D eigenvalue weighted by atomic mass is 10.4. The first-order chi connectivity index (χ1) is 7.11. The number of carbonyl (C=O) groups is 1. The van der Waals surface area contributed by atoms with Crippen molar-refractivity contribution in [2.75, 3.05) is 33.9 Å². The quantitative estimate of drug-likeness (QED) is 0.688. The van der Waals surface area contributed by atoms with Gasteiger partial charge in [0, 0.05) is 33.9 Å². The van der Waals surface area contributed by atoms with E-state index in [0.29, 0.717) is 0 Å². The Labute approximate surface area is 92.0 Å². The Morgan fingerprint density at radius 3 is 2.60 bits per heavy atom. The van der Waals surface area contributed by atoms with E-state index in [2.05, 4.69) is 5.32 Å². The molecule has 0 atom stereocenters. The van der Waals surface area contributed by atoms with Crippen molar-refractivity contribution < 1.29 is 13.6 Å². The summed E-state index contributed by atoms with van der Waals surface area (Å²) in [6.07, 6.45) is 0.942. The van der Waals surface area contributed by atoms with Crippen molar-refractivity contribution in [3.8, 4) is 0 Å². The van der Waals surface area contributed by atoms with Crippen molar-refractivity contribution in [1.82, 2.24) is 10.2 Å². The molecule has 88 valence electrons. The molecule has 6 heteroatoms. The molecule has 0 spiro atoms. The van der Waals surface area contributed by atoms with Gasteiger partial charge in [-0.3, -0.25) is 0 Å². The van der Waals surface area contributed by atoms with E-state index in [0.717, 1.165) is 32.1 Å². The van der Waals surface area contributed by atoms with E-state index >= 15 is 0 Å². The van der Waals surface area contributed by atoms with E-state index in [1.165, 1.54) is 0 Å². The van der Waals surface area contributed by atoms with Crippen molar-refractivity contribution >= 4 is 14.6 Å². The molecule has 0 saturated carbocycles. The fourth-order valence-electron chi connectivity index (χ4n) is 1.60. The number of urea groups is 1. The average Bonchev–Trinajstić information content (AvgIpc) is 2.64. The van der Waals surface area contributed by atoms with Crippen molar-refractivity contribution in [2.24, 2.45) is 0 Å². The van der Waals surface area contributed by atoms with Crippen LogP contribution in [0.3, 0.4) is 0 Å². The molecule has 1 heterocycles. The third-order valence-electron chi connectivity index (χ3n) is 2.87. The number of hydrogen-bond acceptors (Lipinski definition) is 3. The summed E-state index contributed by atoms with van der Waals surface area (Å²) in [5.41, 5.74) is 0. The van der Waals surface area contributed by atoms with Crippen molar-refractivity contribution in [1.29, 1.82) is 0 Å². The Morgan fingerprint density at radius 1 is 1.47 bits per heavy atom. The van der Waals surface area contributed by atoms with E-state index < -0.39 is 8.56 Å². The van der Waals surface area contributed by atoms with Gasteiger partial charge in [-0.05, 0) is 19.0 Å². The lowest BCUT2D eigenvalue weighted by Gasteiger charge is -2.23. The van der Waals surface area contributed by atoms with Crippen LogP contribution in [0.15, 0.2) is 0 Å². The van der Waals surface area contributed by atoms with Crippen LogP contribution in [0, 0.1) is 0 Å². The summed E-state index contributed by atoms with van der Waals surface area (Å²) in [4.78, 5) is 13.1. The predicted octanol–water partition coefficient (Wildman–Crippen LogP) is 0.766. The maximum atomic E-state index is 11.2. The minimum atomic E-state index is -1.95. The fourth-order valence-corrected chi connectivity index (χ4v) is 2.98. The molecule has 5 nitrogen and oxygen atoms in total. The van der Waals surface area contributed by atoms with Gasteiger partial charge < -0.3 is 19.1 Å². The van der Waals surface area contributed by atoms with E-state index in [4.69, 9.17) is 8.85 Å². The highest BCUT2D eigenvalue weighted by atomic mass is 28.4. The maximum Gasteiger partial charge on any atom is 0.334 e. The summed E-state index contributed by atoms with van der Waals surface area (Å²) >= 11 is 0. The lowest BCUT2D eigenvalue weighted by molar-refractivity contribution is 0.215. The van der Waals surface area contributed by atoms with Crippen molar-refractivity contribution in [2.45, 2.75) is 19.0 Å². The Hall–Kier alpha value is -0.593. The van der Waals surface area contributed by atoms with Gasteiger partial charge in [0.1, 0.15) is 0 Å². The standard InChI is InChI=1S/C9H20N2O3Si/c1-13-15(3,14-2)8-4-6-11-7-5-10-9(11)12/h4-8H2,1-3H3,(H,10,12). The van der Waals surface area contributed by atoms with E-state index in [9.17, 15) is 4.79 Å². The third kappa shape index (κ3) is 3.47. The van der Waals surface area contributed by atoms with Crippen molar-refractivity contribution in [3.05, 3.63) is 0 Å². The molecule has 1 N–H and O–H groups in total. The van der Waals surface area contributed by atoms with Crippen LogP contribution in [-0.4, -0.2) is 53.3 Å². The molecule has 0 aliphatic carbocycles. The first-order valence-electron chi connectivity index (χ1n) is 5.24. The Balaban J connectivity index is 2.23. The molecular weight excluding hydrogens is 212 g/mol. The van der Waals surface area contributed by atoms with Gasteiger partial charge in [0.15, 0.2) is 0 Å². The molecule has 0 bridgehead atoms. The Kier molecular flexibility index (Phi) is 4.56.